The average Bonchev–Trinajstić information content (AvgIpc) is 2.86. The second kappa shape index (κ2) is 6.91. The predicted octanol–water partition coefficient (Wildman–Crippen LogP) is 4.21. The van der Waals surface area contributed by atoms with Crippen LogP contribution in [0.15, 0.2) is 35.7 Å². The molecular weight excluding hydrogens is 264 g/mol. The van der Waals surface area contributed by atoms with E-state index >= 15 is 0 Å². The summed E-state index contributed by atoms with van der Waals surface area (Å²) in [4.78, 5) is 3.50. The summed E-state index contributed by atoms with van der Waals surface area (Å²) in [7, 11) is 4.15. The minimum Gasteiger partial charge on any atom is -0.378 e. The number of nitrogens with zero attached hydrogens (tertiary/aromatic N) is 1. The number of hydrogen-bond acceptors (Lipinski definition) is 3. The van der Waals surface area contributed by atoms with Gasteiger partial charge in [-0.05, 0) is 54.6 Å². The molecular formula is C17H24N2S. The van der Waals surface area contributed by atoms with Crippen LogP contribution in [0.1, 0.15) is 35.4 Å². The maximum Gasteiger partial charge on any atom is 0.0585 e. The third-order valence-corrected chi connectivity index (χ3v) is 4.31. The van der Waals surface area contributed by atoms with Crippen LogP contribution in [0, 0.1) is 6.92 Å². The van der Waals surface area contributed by atoms with Crippen molar-refractivity contribution < 1.29 is 0 Å². The molecule has 1 heterocycles. The van der Waals surface area contributed by atoms with E-state index in [1.165, 1.54) is 21.7 Å². The van der Waals surface area contributed by atoms with E-state index in [2.05, 4.69) is 73.9 Å². The van der Waals surface area contributed by atoms with Crippen LogP contribution >= 0.6 is 11.3 Å². The van der Waals surface area contributed by atoms with E-state index in [4.69, 9.17) is 0 Å². The summed E-state index contributed by atoms with van der Waals surface area (Å²) in [6.07, 6.45) is 1.15. The molecule has 0 aliphatic rings. The highest BCUT2D eigenvalue weighted by Crippen LogP contribution is 2.27. The summed E-state index contributed by atoms with van der Waals surface area (Å²) in [5.41, 5.74) is 3.95. The molecule has 1 unspecified atom stereocenters. The van der Waals surface area contributed by atoms with Gasteiger partial charge in [0.2, 0.25) is 0 Å². The summed E-state index contributed by atoms with van der Waals surface area (Å²) in [6, 6.07) is 11.4. The maximum atomic E-state index is 3.66. The molecule has 0 saturated heterocycles. The van der Waals surface area contributed by atoms with Crippen LogP contribution in [-0.2, 0) is 0 Å². The van der Waals surface area contributed by atoms with E-state index in [-0.39, 0.29) is 0 Å². The number of thiophene rings is 1. The number of benzene rings is 1. The lowest BCUT2D eigenvalue weighted by molar-refractivity contribution is 0.600. The van der Waals surface area contributed by atoms with E-state index in [0.717, 1.165) is 13.0 Å². The fourth-order valence-corrected chi connectivity index (χ4v) is 3.03. The first kappa shape index (κ1) is 15.1. The molecule has 0 radical (unpaired) electrons. The summed E-state index contributed by atoms with van der Waals surface area (Å²) in [5, 5.41) is 5.92. The molecule has 0 aliphatic heterocycles. The quantitative estimate of drug-likeness (QED) is 0.856. The van der Waals surface area contributed by atoms with Gasteiger partial charge in [-0.25, -0.2) is 0 Å². The van der Waals surface area contributed by atoms with Crippen molar-refractivity contribution in [3.63, 3.8) is 0 Å². The first-order valence-electron chi connectivity index (χ1n) is 7.17. The normalized spacial score (nSPS) is 12.4. The number of rotatable bonds is 6. The zero-order chi connectivity index (χ0) is 14.5. The molecule has 20 heavy (non-hydrogen) atoms. The van der Waals surface area contributed by atoms with Crippen molar-refractivity contribution in [2.24, 2.45) is 0 Å². The second-order valence-electron chi connectivity index (χ2n) is 5.36. The van der Waals surface area contributed by atoms with E-state index in [0.29, 0.717) is 6.04 Å². The Bertz CT molecular complexity index is 528. The Kier molecular flexibility index (Phi) is 5.21. The van der Waals surface area contributed by atoms with Gasteiger partial charge in [-0.2, -0.15) is 0 Å². The number of anilines is 1. The van der Waals surface area contributed by atoms with Crippen molar-refractivity contribution >= 4 is 17.0 Å². The van der Waals surface area contributed by atoms with Gasteiger partial charge in [0, 0.05) is 24.7 Å². The topological polar surface area (TPSA) is 15.3 Å². The average molecular weight is 288 g/mol. The molecule has 0 aliphatic carbocycles. The van der Waals surface area contributed by atoms with E-state index in [1.807, 2.05) is 11.3 Å². The molecule has 0 bridgehead atoms. The van der Waals surface area contributed by atoms with Gasteiger partial charge in [0.25, 0.3) is 0 Å². The molecule has 0 amide bonds. The molecule has 0 spiro atoms. The van der Waals surface area contributed by atoms with Crippen LogP contribution in [0.3, 0.4) is 0 Å². The monoisotopic (exact) mass is 288 g/mol. The Morgan fingerprint density at radius 2 is 1.85 bits per heavy atom. The van der Waals surface area contributed by atoms with Gasteiger partial charge in [-0.1, -0.05) is 19.1 Å². The molecule has 1 atom stereocenters. The first-order chi connectivity index (χ1) is 9.61. The van der Waals surface area contributed by atoms with Crippen molar-refractivity contribution in [1.29, 1.82) is 0 Å². The van der Waals surface area contributed by atoms with Gasteiger partial charge in [0.1, 0.15) is 0 Å². The Morgan fingerprint density at radius 1 is 1.15 bits per heavy atom. The predicted molar refractivity (Wildman–Crippen MR) is 90.0 cm³/mol. The van der Waals surface area contributed by atoms with Gasteiger partial charge >= 0.3 is 0 Å². The van der Waals surface area contributed by atoms with Crippen LogP contribution in [0.25, 0.3) is 0 Å². The summed E-state index contributed by atoms with van der Waals surface area (Å²) < 4.78 is 0. The molecule has 1 aromatic heterocycles. The number of hydrogen-bond donors (Lipinski definition) is 1. The van der Waals surface area contributed by atoms with Crippen molar-refractivity contribution in [2.75, 3.05) is 25.5 Å². The standard InChI is InChI=1S/C17H24N2S/c1-5-10-18-17(15-11-13(2)20-12-15)14-6-8-16(9-7-14)19(3)4/h6-9,11-12,17-18H,5,10H2,1-4H3. The third-order valence-electron chi connectivity index (χ3n) is 3.43. The summed E-state index contributed by atoms with van der Waals surface area (Å²) >= 11 is 1.82. The van der Waals surface area contributed by atoms with Crippen molar-refractivity contribution in [1.82, 2.24) is 5.32 Å². The Morgan fingerprint density at radius 3 is 2.35 bits per heavy atom. The summed E-state index contributed by atoms with van der Waals surface area (Å²) in [5.74, 6) is 0. The van der Waals surface area contributed by atoms with Crippen LogP contribution in [0.2, 0.25) is 0 Å². The fraction of sp³-hybridized carbons (Fsp3) is 0.412. The lowest BCUT2D eigenvalue weighted by Crippen LogP contribution is -2.22. The minimum absolute atomic E-state index is 0.302. The zero-order valence-corrected chi connectivity index (χ0v) is 13.6. The largest absolute Gasteiger partial charge is 0.378 e. The van der Waals surface area contributed by atoms with Crippen LogP contribution in [-0.4, -0.2) is 20.6 Å². The SMILES string of the molecule is CCCNC(c1ccc(N(C)C)cc1)c1csc(C)c1. The van der Waals surface area contributed by atoms with Crippen LogP contribution in [0.5, 0.6) is 0 Å². The third kappa shape index (κ3) is 3.62. The molecule has 0 fully saturated rings. The Labute approximate surface area is 126 Å². The fourth-order valence-electron chi connectivity index (χ4n) is 2.30. The number of aryl methyl sites for hydroxylation is 1. The van der Waals surface area contributed by atoms with Crippen molar-refractivity contribution in [3.05, 3.63) is 51.7 Å². The summed E-state index contributed by atoms with van der Waals surface area (Å²) in [6.45, 7) is 5.41. The van der Waals surface area contributed by atoms with Crippen LogP contribution in [0.4, 0.5) is 5.69 Å². The van der Waals surface area contributed by atoms with Crippen LogP contribution < -0.4 is 10.2 Å². The van der Waals surface area contributed by atoms with E-state index in [1.54, 1.807) is 0 Å². The highest BCUT2D eigenvalue weighted by Gasteiger charge is 2.14. The molecule has 2 nitrogen and oxygen atoms in total. The maximum absolute atomic E-state index is 3.66. The molecule has 108 valence electrons. The van der Waals surface area contributed by atoms with E-state index < -0.39 is 0 Å². The molecule has 0 saturated carbocycles. The Balaban J connectivity index is 2.26. The van der Waals surface area contributed by atoms with Gasteiger partial charge in [-0.3, -0.25) is 0 Å². The smallest absolute Gasteiger partial charge is 0.0585 e. The van der Waals surface area contributed by atoms with Crippen molar-refractivity contribution in [2.45, 2.75) is 26.3 Å². The van der Waals surface area contributed by atoms with Gasteiger partial charge < -0.3 is 10.2 Å². The van der Waals surface area contributed by atoms with Gasteiger partial charge in [0.05, 0.1) is 6.04 Å². The molecule has 1 N–H and O–H groups in total. The second-order valence-corrected chi connectivity index (χ2v) is 6.48. The number of nitrogens with one attached hydrogen (secondary N) is 1. The molecule has 2 rings (SSSR count). The first-order valence-corrected chi connectivity index (χ1v) is 8.05. The highest BCUT2D eigenvalue weighted by atomic mass is 32.1. The van der Waals surface area contributed by atoms with Gasteiger partial charge in [-0.15, -0.1) is 11.3 Å². The van der Waals surface area contributed by atoms with Crippen molar-refractivity contribution in [3.8, 4) is 0 Å². The molecule has 3 heteroatoms. The molecule has 2 aromatic rings. The lowest BCUT2D eigenvalue weighted by atomic mass is 10.0. The van der Waals surface area contributed by atoms with E-state index in [9.17, 15) is 0 Å². The minimum atomic E-state index is 0.302. The zero-order valence-electron chi connectivity index (χ0n) is 12.8. The Hall–Kier alpha value is -1.32. The van der Waals surface area contributed by atoms with Gasteiger partial charge in [0.15, 0.2) is 0 Å². The highest BCUT2D eigenvalue weighted by molar-refractivity contribution is 7.10. The lowest BCUT2D eigenvalue weighted by Gasteiger charge is -2.20. The molecule has 1 aromatic carbocycles.